The number of carbonyl (C=O) groups excluding carboxylic acids is 1. The van der Waals surface area contributed by atoms with E-state index in [2.05, 4.69) is 5.10 Å². The SMILES string of the molecule is CC1CN(S(=O)(=O)N2CCN(C(=O)c3ccn(-c4ccc([N+](=O)[O-])cc4)n3)CC2)CC(C)O1. The third-order valence-corrected chi connectivity index (χ3v) is 7.67. The topological polar surface area (TPSA) is 131 Å². The molecule has 2 aliphatic rings. The zero-order valence-electron chi connectivity index (χ0n) is 18.4. The van der Waals surface area contributed by atoms with Gasteiger partial charge in [-0.05, 0) is 32.0 Å². The van der Waals surface area contributed by atoms with Crippen LogP contribution in [0.5, 0.6) is 0 Å². The van der Waals surface area contributed by atoms with Gasteiger partial charge < -0.3 is 9.64 Å². The van der Waals surface area contributed by atoms with Gasteiger partial charge >= 0.3 is 0 Å². The number of hydrogen-bond donors (Lipinski definition) is 0. The van der Waals surface area contributed by atoms with E-state index in [4.69, 9.17) is 4.74 Å². The van der Waals surface area contributed by atoms with Gasteiger partial charge in [0.05, 0.1) is 22.8 Å². The quantitative estimate of drug-likeness (QED) is 0.461. The molecule has 3 heterocycles. The Morgan fingerprint density at radius 3 is 2.21 bits per heavy atom. The number of morpholine rings is 1. The minimum absolute atomic E-state index is 0.0315. The third kappa shape index (κ3) is 4.90. The summed E-state index contributed by atoms with van der Waals surface area (Å²) in [6, 6.07) is 7.42. The minimum Gasteiger partial charge on any atom is -0.373 e. The lowest BCUT2D eigenvalue weighted by Crippen LogP contribution is -2.57. The monoisotopic (exact) mass is 478 g/mol. The molecular weight excluding hydrogens is 452 g/mol. The van der Waals surface area contributed by atoms with Gasteiger partial charge in [0.15, 0.2) is 5.69 Å². The van der Waals surface area contributed by atoms with E-state index >= 15 is 0 Å². The zero-order valence-corrected chi connectivity index (χ0v) is 19.2. The number of ether oxygens (including phenoxy) is 1. The van der Waals surface area contributed by atoms with Crippen molar-refractivity contribution < 1.29 is 22.9 Å². The van der Waals surface area contributed by atoms with Gasteiger partial charge in [0, 0.05) is 57.6 Å². The maximum Gasteiger partial charge on any atom is 0.282 e. The lowest BCUT2D eigenvalue weighted by atomic mass is 10.3. The van der Waals surface area contributed by atoms with Crippen molar-refractivity contribution in [3.05, 3.63) is 52.3 Å². The predicted octanol–water partition coefficient (Wildman–Crippen LogP) is 0.892. The first kappa shape index (κ1) is 23.3. The Kier molecular flexibility index (Phi) is 6.47. The number of rotatable bonds is 5. The van der Waals surface area contributed by atoms with Gasteiger partial charge in [0.1, 0.15) is 0 Å². The van der Waals surface area contributed by atoms with Gasteiger partial charge in [-0.2, -0.15) is 22.1 Å². The van der Waals surface area contributed by atoms with Crippen LogP contribution < -0.4 is 0 Å². The molecule has 12 nitrogen and oxygen atoms in total. The van der Waals surface area contributed by atoms with Crippen molar-refractivity contribution in [2.45, 2.75) is 26.1 Å². The fourth-order valence-corrected chi connectivity index (χ4v) is 5.82. The molecule has 1 aromatic carbocycles. The van der Waals surface area contributed by atoms with Crippen LogP contribution in [0.15, 0.2) is 36.5 Å². The summed E-state index contributed by atoms with van der Waals surface area (Å²) >= 11 is 0. The number of nitro groups is 1. The second kappa shape index (κ2) is 9.17. The summed E-state index contributed by atoms with van der Waals surface area (Å²) in [6.45, 7) is 5.26. The Labute approximate surface area is 191 Å². The van der Waals surface area contributed by atoms with E-state index in [1.165, 1.54) is 25.4 Å². The highest BCUT2D eigenvalue weighted by atomic mass is 32.2. The maximum atomic E-state index is 13.0. The third-order valence-electron chi connectivity index (χ3n) is 5.70. The fourth-order valence-electron chi connectivity index (χ4n) is 4.08. The molecule has 1 aromatic heterocycles. The summed E-state index contributed by atoms with van der Waals surface area (Å²) < 4.78 is 36.0. The summed E-state index contributed by atoms with van der Waals surface area (Å²) in [4.78, 5) is 24.8. The molecule has 0 spiro atoms. The average molecular weight is 479 g/mol. The molecule has 2 unspecified atom stereocenters. The van der Waals surface area contributed by atoms with Crippen LogP contribution >= 0.6 is 0 Å². The number of piperazine rings is 1. The number of amides is 1. The van der Waals surface area contributed by atoms with E-state index in [9.17, 15) is 23.3 Å². The van der Waals surface area contributed by atoms with Crippen molar-refractivity contribution >= 4 is 21.8 Å². The molecule has 0 aliphatic carbocycles. The number of benzene rings is 1. The second-order valence-corrected chi connectivity index (χ2v) is 10.1. The fraction of sp³-hybridized carbons (Fsp3) is 0.500. The van der Waals surface area contributed by atoms with Crippen LogP contribution in [0.1, 0.15) is 24.3 Å². The summed E-state index contributed by atoms with van der Waals surface area (Å²) in [5, 5.41) is 15.1. The van der Waals surface area contributed by atoms with Gasteiger partial charge in [-0.3, -0.25) is 14.9 Å². The molecule has 0 N–H and O–H groups in total. The van der Waals surface area contributed by atoms with Crippen molar-refractivity contribution in [2.75, 3.05) is 39.3 Å². The number of nitrogens with zero attached hydrogens (tertiary/aromatic N) is 6. The maximum absolute atomic E-state index is 13.0. The van der Waals surface area contributed by atoms with Crippen LogP contribution in [-0.4, -0.2) is 94.0 Å². The number of hydrogen-bond acceptors (Lipinski definition) is 7. The number of nitro benzene ring substituents is 1. The molecule has 0 radical (unpaired) electrons. The standard InChI is InChI=1S/C20H26N6O6S/c1-15-13-24(14-16(2)32-15)33(30,31)23-11-9-22(10-12-23)20(27)19-7-8-25(21-19)17-3-5-18(6-4-17)26(28)29/h3-8,15-16H,9-14H2,1-2H3. The van der Waals surface area contributed by atoms with E-state index in [0.717, 1.165) is 0 Å². The molecule has 2 saturated heterocycles. The lowest BCUT2D eigenvalue weighted by Gasteiger charge is -2.40. The highest BCUT2D eigenvalue weighted by Gasteiger charge is 2.37. The molecular formula is C20H26N6O6S. The molecule has 0 bridgehead atoms. The lowest BCUT2D eigenvalue weighted by molar-refractivity contribution is -0.384. The zero-order chi connectivity index (χ0) is 23.8. The summed E-state index contributed by atoms with van der Waals surface area (Å²) in [7, 11) is -3.63. The Bertz CT molecular complexity index is 1120. The second-order valence-electron chi connectivity index (χ2n) is 8.19. The van der Waals surface area contributed by atoms with Crippen LogP contribution in [0.25, 0.3) is 5.69 Å². The smallest absolute Gasteiger partial charge is 0.282 e. The van der Waals surface area contributed by atoms with Crippen molar-refractivity contribution in [2.24, 2.45) is 0 Å². The molecule has 1 amide bonds. The number of aromatic nitrogens is 2. The van der Waals surface area contributed by atoms with Gasteiger partial charge in [-0.15, -0.1) is 0 Å². The molecule has 2 fully saturated rings. The van der Waals surface area contributed by atoms with Crippen molar-refractivity contribution in [3.8, 4) is 5.69 Å². The average Bonchev–Trinajstić information content (AvgIpc) is 3.28. The first-order chi connectivity index (χ1) is 15.6. The molecule has 4 rings (SSSR count). The summed E-state index contributed by atoms with van der Waals surface area (Å²) in [5.74, 6) is -0.290. The largest absolute Gasteiger partial charge is 0.373 e. The van der Waals surface area contributed by atoms with Crippen LogP contribution in [0.3, 0.4) is 0 Å². The molecule has 33 heavy (non-hydrogen) atoms. The first-order valence-electron chi connectivity index (χ1n) is 10.7. The highest BCUT2D eigenvalue weighted by molar-refractivity contribution is 7.86. The van der Waals surface area contributed by atoms with Crippen LogP contribution in [0.4, 0.5) is 5.69 Å². The van der Waals surface area contributed by atoms with Gasteiger partial charge in [0.25, 0.3) is 21.8 Å². The predicted molar refractivity (Wildman–Crippen MR) is 118 cm³/mol. The minimum atomic E-state index is -3.63. The molecule has 2 atom stereocenters. The normalized spacial score (nSPS) is 22.9. The summed E-state index contributed by atoms with van der Waals surface area (Å²) in [5.41, 5.74) is 0.779. The van der Waals surface area contributed by atoms with E-state index < -0.39 is 15.1 Å². The van der Waals surface area contributed by atoms with Gasteiger partial charge in [-0.1, -0.05) is 0 Å². The molecule has 2 aliphatic heterocycles. The van der Waals surface area contributed by atoms with Crippen LogP contribution in [0.2, 0.25) is 0 Å². The van der Waals surface area contributed by atoms with Crippen LogP contribution in [0, 0.1) is 10.1 Å². The Balaban J connectivity index is 1.38. The van der Waals surface area contributed by atoms with Crippen molar-refractivity contribution in [1.29, 1.82) is 0 Å². The Hall–Kier alpha value is -2.87. The van der Waals surface area contributed by atoms with Crippen molar-refractivity contribution in [3.63, 3.8) is 0 Å². The van der Waals surface area contributed by atoms with Crippen molar-refractivity contribution in [1.82, 2.24) is 23.3 Å². The van der Waals surface area contributed by atoms with Gasteiger partial charge in [0.2, 0.25) is 0 Å². The number of non-ortho nitro benzene ring substituents is 1. The highest BCUT2D eigenvalue weighted by Crippen LogP contribution is 2.20. The summed E-state index contributed by atoms with van der Waals surface area (Å²) in [6.07, 6.45) is 1.27. The van der Waals surface area contributed by atoms with E-state index in [-0.39, 0.29) is 55.7 Å². The van der Waals surface area contributed by atoms with E-state index in [1.807, 2.05) is 13.8 Å². The molecule has 178 valence electrons. The van der Waals surface area contributed by atoms with E-state index in [0.29, 0.717) is 18.8 Å². The van der Waals surface area contributed by atoms with E-state index in [1.54, 1.807) is 29.3 Å². The molecule has 2 aromatic rings. The molecule has 0 saturated carbocycles. The Morgan fingerprint density at radius 2 is 1.64 bits per heavy atom. The first-order valence-corrected chi connectivity index (χ1v) is 12.1. The van der Waals surface area contributed by atoms with Gasteiger partial charge in [-0.25, -0.2) is 4.68 Å². The Morgan fingerprint density at radius 1 is 1.03 bits per heavy atom. The number of carbonyl (C=O) groups is 1. The van der Waals surface area contributed by atoms with Crippen LogP contribution in [-0.2, 0) is 14.9 Å². The molecule has 13 heteroatoms.